The molecule has 12 heteroatoms. The van der Waals surface area contributed by atoms with Crippen LogP contribution in [0.4, 0.5) is 16.3 Å². The molecule has 11 nitrogen and oxygen atoms in total. The fourth-order valence-corrected chi connectivity index (χ4v) is 5.65. The second-order valence-corrected chi connectivity index (χ2v) is 9.31. The van der Waals surface area contributed by atoms with Crippen LogP contribution < -0.4 is 10.1 Å². The Morgan fingerprint density at radius 2 is 2.11 bits per heavy atom. The van der Waals surface area contributed by atoms with Gasteiger partial charge in [0, 0.05) is 35.8 Å². The van der Waals surface area contributed by atoms with Gasteiger partial charge in [0.1, 0.15) is 28.8 Å². The van der Waals surface area contributed by atoms with E-state index in [0.29, 0.717) is 30.8 Å². The van der Waals surface area contributed by atoms with Gasteiger partial charge in [-0.15, -0.1) is 11.3 Å². The number of thiophene rings is 1. The smallest absolute Gasteiger partial charge is 0.410 e. The number of fused-ring (bicyclic) bond motifs is 4. The van der Waals surface area contributed by atoms with Crippen LogP contribution in [0.2, 0.25) is 0 Å². The summed E-state index contributed by atoms with van der Waals surface area (Å²) < 4.78 is 11.3. The standard InChI is InChI=1S/C23H26N6O5S/c1-33-18-10-16-13(11-26-28-16)8-17(18)27-21-20-15-3-2-14(9-19(15)35-22(20)25-12-24-21)34-23(32)29(4-6-30)5-7-31/h8,10-12,14,30-31H,2-7,9H2,1H3,(H,26,28)(H,24,25,27). The SMILES string of the molecule is COc1cc2[nH]ncc2cc1Nc1ncnc2sc3c(c12)CCC(OC(=O)N(CCO)CCO)C3. The van der Waals surface area contributed by atoms with Crippen LogP contribution in [0.3, 0.4) is 0 Å². The lowest BCUT2D eigenvalue weighted by atomic mass is 9.94. The van der Waals surface area contributed by atoms with Crippen LogP contribution in [0.15, 0.2) is 24.7 Å². The molecule has 5 rings (SSSR count). The first-order valence-electron chi connectivity index (χ1n) is 11.3. The number of aryl methyl sites for hydroxylation is 1. The van der Waals surface area contributed by atoms with E-state index < -0.39 is 6.09 Å². The zero-order chi connectivity index (χ0) is 24.4. The number of ether oxygens (including phenoxy) is 2. The largest absolute Gasteiger partial charge is 0.494 e. The lowest BCUT2D eigenvalue weighted by Crippen LogP contribution is -2.39. The summed E-state index contributed by atoms with van der Waals surface area (Å²) in [7, 11) is 1.62. The molecule has 184 valence electrons. The number of benzene rings is 1. The molecule has 0 saturated carbocycles. The van der Waals surface area contributed by atoms with Gasteiger partial charge < -0.3 is 29.9 Å². The Balaban J connectivity index is 1.40. The number of hydrogen-bond acceptors (Lipinski definition) is 10. The van der Waals surface area contributed by atoms with E-state index in [2.05, 4.69) is 25.5 Å². The van der Waals surface area contributed by atoms with Crippen LogP contribution in [0, 0.1) is 0 Å². The van der Waals surface area contributed by atoms with E-state index in [1.165, 1.54) is 11.2 Å². The maximum absolute atomic E-state index is 12.5. The van der Waals surface area contributed by atoms with E-state index in [-0.39, 0.29) is 32.4 Å². The zero-order valence-electron chi connectivity index (χ0n) is 19.2. The highest BCUT2D eigenvalue weighted by Crippen LogP contribution is 2.41. The number of carbonyl (C=O) groups is 1. The normalized spacial score (nSPS) is 15.2. The molecule has 1 aliphatic rings. The van der Waals surface area contributed by atoms with E-state index in [9.17, 15) is 15.0 Å². The number of methoxy groups -OCH3 is 1. The summed E-state index contributed by atoms with van der Waals surface area (Å²) in [6, 6.07) is 3.85. The van der Waals surface area contributed by atoms with Crippen LogP contribution in [0.1, 0.15) is 16.9 Å². The molecule has 1 aliphatic carbocycles. The monoisotopic (exact) mass is 498 g/mol. The number of aromatic amines is 1. The van der Waals surface area contributed by atoms with Gasteiger partial charge in [0.15, 0.2) is 0 Å². The molecule has 3 heterocycles. The van der Waals surface area contributed by atoms with Crippen LogP contribution in [0.25, 0.3) is 21.1 Å². The Hall–Kier alpha value is -3.48. The fourth-order valence-electron chi connectivity index (χ4n) is 4.39. The Morgan fingerprint density at radius 3 is 2.89 bits per heavy atom. The molecule has 0 bridgehead atoms. The van der Waals surface area contributed by atoms with Crippen LogP contribution in [-0.4, -0.2) is 80.9 Å². The Kier molecular flexibility index (Phi) is 6.66. The van der Waals surface area contributed by atoms with Gasteiger partial charge >= 0.3 is 6.09 Å². The number of nitrogens with zero attached hydrogens (tertiary/aromatic N) is 4. The van der Waals surface area contributed by atoms with Gasteiger partial charge in [0.2, 0.25) is 0 Å². The average Bonchev–Trinajstić information content (AvgIpc) is 3.47. The molecule has 4 aromatic rings. The van der Waals surface area contributed by atoms with Crippen molar-refractivity contribution in [3.05, 3.63) is 35.1 Å². The molecule has 0 spiro atoms. The number of rotatable bonds is 8. The first-order chi connectivity index (χ1) is 17.1. The number of anilines is 2. The van der Waals surface area contributed by atoms with Crippen molar-refractivity contribution < 1.29 is 24.5 Å². The molecule has 0 saturated heterocycles. The molecule has 35 heavy (non-hydrogen) atoms. The highest BCUT2D eigenvalue weighted by atomic mass is 32.1. The number of aromatic nitrogens is 4. The summed E-state index contributed by atoms with van der Waals surface area (Å²) in [5, 5.41) is 30.7. The quantitative estimate of drug-likeness (QED) is 0.288. The van der Waals surface area contributed by atoms with Gasteiger partial charge in [-0.05, 0) is 24.5 Å². The summed E-state index contributed by atoms with van der Waals surface area (Å²) in [5.74, 6) is 1.36. The predicted molar refractivity (Wildman–Crippen MR) is 131 cm³/mol. The topological polar surface area (TPSA) is 146 Å². The second kappa shape index (κ2) is 10.0. The van der Waals surface area contributed by atoms with Crippen molar-refractivity contribution >= 4 is 50.1 Å². The molecule has 1 unspecified atom stereocenters. The van der Waals surface area contributed by atoms with Crippen molar-refractivity contribution in [1.29, 1.82) is 0 Å². The second-order valence-electron chi connectivity index (χ2n) is 8.22. The summed E-state index contributed by atoms with van der Waals surface area (Å²) in [4.78, 5) is 24.8. The molecule has 0 aliphatic heterocycles. The fraction of sp³-hybridized carbons (Fsp3) is 0.391. The highest BCUT2D eigenvalue weighted by Gasteiger charge is 2.29. The average molecular weight is 499 g/mol. The summed E-state index contributed by atoms with van der Waals surface area (Å²) in [6.45, 7) is -0.127. The summed E-state index contributed by atoms with van der Waals surface area (Å²) in [6.07, 6.45) is 4.45. The number of H-pyrrole nitrogens is 1. The lowest BCUT2D eigenvalue weighted by molar-refractivity contribution is 0.0478. The summed E-state index contributed by atoms with van der Waals surface area (Å²) in [5.41, 5.74) is 2.81. The maximum atomic E-state index is 12.5. The third-order valence-electron chi connectivity index (χ3n) is 6.08. The van der Waals surface area contributed by atoms with E-state index in [1.807, 2.05) is 12.1 Å². The van der Waals surface area contributed by atoms with E-state index >= 15 is 0 Å². The number of nitrogens with one attached hydrogen (secondary N) is 2. The van der Waals surface area contributed by atoms with Crippen LogP contribution in [0.5, 0.6) is 5.75 Å². The molecular weight excluding hydrogens is 472 g/mol. The maximum Gasteiger partial charge on any atom is 0.410 e. The number of aliphatic hydroxyl groups excluding tert-OH is 2. The minimum absolute atomic E-state index is 0.124. The lowest BCUT2D eigenvalue weighted by Gasteiger charge is -2.27. The van der Waals surface area contributed by atoms with Gasteiger partial charge in [-0.2, -0.15) is 5.10 Å². The first kappa shape index (κ1) is 23.3. The Morgan fingerprint density at radius 1 is 1.29 bits per heavy atom. The third kappa shape index (κ3) is 4.59. The number of hydrogen-bond donors (Lipinski definition) is 4. The van der Waals surface area contributed by atoms with Crippen molar-refractivity contribution in [1.82, 2.24) is 25.1 Å². The van der Waals surface area contributed by atoms with Gasteiger partial charge in [-0.25, -0.2) is 14.8 Å². The Bertz CT molecular complexity index is 1350. The first-order valence-corrected chi connectivity index (χ1v) is 12.1. The minimum Gasteiger partial charge on any atom is -0.494 e. The molecule has 0 fully saturated rings. The van der Waals surface area contributed by atoms with Gasteiger partial charge in [-0.1, -0.05) is 0 Å². The van der Waals surface area contributed by atoms with Crippen molar-refractivity contribution in [3.8, 4) is 5.75 Å². The minimum atomic E-state index is -0.522. The number of carbonyl (C=O) groups excluding carboxylic acids is 1. The van der Waals surface area contributed by atoms with E-state index in [4.69, 9.17) is 9.47 Å². The molecule has 4 N–H and O–H groups in total. The highest BCUT2D eigenvalue weighted by molar-refractivity contribution is 7.19. The van der Waals surface area contributed by atoms with E-state index in [0.717, 1.165) is 37.2 Å². The zero-order valence-corrected chi connectivity index (χ0v) is 20.0. The van der Waals surface area contributed by atoms with Crippen LogP contribution in [-0.2, 0) is 17.6 Å². The number of aliphatic hydroxyl groups is 2. The molecule has 1 atom stereocenters. The molecular formula is C23H26N6O5S. The predicted octanol–water partition coefficient (Wildman–Crippen LogP) is 2.60. The van der Waals surface area contributed by atoms with Gasteiger partial charge in [0.25, 0.3) is 0 Å². The van der Waals surface area contributed by atoms with Crippen LogP contribution >= 0.6 is 11.3 Å². The van der Waals surface area contributed by atoms with E-state index in [1.54, 1.807) is 24.6 Å². The number of amides is 1. The molecule has 1 aromatic carbocycles. The molecule has 3 aromatic heterocycles. The Labute approximate surface area is 204 Å². The van der Waals surface area contributed by atoms with Gasteiger partial charge in [-0.3, -0.25) is 5.10 Å². The van der Waals surface area contributed by atoms with Crippen molar-refractivity contribution in [2.75, 3.05) is 38.7 Å². The van der Waals surface area contributed by atoms with Crippen molar-refractivity contribution in [2.24, 2.45) is 0 Å². The summed E-state index contributed by atoms with van der Waals surface area (Å²) >= 11 is 1.58. The molecule has 1 amide bonds. The van der Waals surface area contributed by atoms with Gasteiger partial charge in [0.05, 0.1) is 43.1 Å². The molecule has 0 radical (unpaired) electrons. The third-order valence-corrected chi connectivity index (χ3v) is 7.24. The van der Waals surface area contributed by atoms with Crippen molar-refractivity contribution in [2.45, 2.75) is 25.4 Å². The van der Waals surface area contributed by atoms with Crippen molar-refractivity contribution in [3.63, 3.8) is 0 Å².